The van der Waals surface area contributed by atoms with E-state index in [2.05, 4.69) is 16.0 Å². The molecular formula is C32H48N4O8. The number of rotatable bonds is 14. The monoisotopic (exact) mass is 616 g/mol. The van der Waals surface area contributed by atoms with Gasteiger partial charge in [0.2, 0.25) is 17.7 Å². The fourth-order valence-corrected chi connectivity index (χ4v) is 5.91. The number of hydrogen-bond donors (Lipinski definition) is 3. The van der Waals surface area contributed by atoms with E-state index in [0.29, 0.717) is 58.1 Å². The number of ether oxygens (including phenoxy) is 4. The molecule has 44 heavy (non-hydrogen) atoms. The van der Waals surface area contributed by atoms with Crippen LogP contribution in [0.5, 0.6) is 5.75 Å². The number of ketones is 1. The highest BCUT2D eigenvalue weighted by Crippen LogP contribution is 2.29. The van der Waals surface area contributed by atoms with Gasteiger partial charge in [0.1, 0.15) is 23.4 Å². The first-order chi connectivity index (χ1) is 21.2. The maximum absolute atomic E-state index is 13.9. The highest BCUT2D eigenvalue weighted by molar-refractivity contribution is 5.97. The summed E-state index contributed by atoms with van der Waals surface area (Å²) in [5.74, 6) is -0.790. The molecule has 12 nitrogen and oxygen atoms in total. The van der Waals surface area contributed by atoms with E-state index in [-0.39, 0.29) is 30.8 Å². The van der Waals surface area contributed by atoms with Gasteiger partial charge in [0.25, 0.3) is 0 Å². The van der Waals surface area contributed by atoms with Gasteiger partial charge >= 0.3 is 0 Å². The minimum atomic E-state index is -1.01. The molecule has 3 heterocycles. The summed E-state index contributed by atoms with van der Waals surface area (Å²) in [6.07, 6.45) is 4.41. The summed E-state index contributed by atoms with van der Waals surface area (Å²) < 4.78 is 22.4. The Hall–Kier alpha value is -3.06. The van der Waals surface area contributed by atoms with Gasteiger partial charge in [-0.15, -0.1) is 0 Å². The van der Waals surface area contributed by atoms with Crippen LogP contribution in [0.4, 0.5) is 0 Å². The molecule has 3 saturated heterocycles. The number of benzene rings is 1. The third-order valence-corrected chi connectivity index (χ3v) is 8.62. The van der Waals surface area contributed by atoms with Gasteiger partial charge in [0.15, 0.2) is 5.78 Å². The van der Waals surface area contributed by atoms with Gasteiger partial charge in [-0.3, -0.25) is 24.1 Å². The lowest BCUT2D eigenvalue weighted by atomic mass is 9.85. The second kappa shape index (κ2) is 16.3. The predicted molar refractivity (Wildman–Crippen MR) is 162 cm³/mol. The number of nitrogens with one attached hydrogen (secondary N) is 3. The number of morpholine rings is 1. The van der Waals surface area contributed by atoms with Crippen molar-refractivity contribution >= 4 is 23.5 Å². The highest BCUT2D eigenvalue weighted by Gasteiger charge is 2.42. The summed E-state index contributed by atoms with van der Waals surface area (Å²) in [7, 11) is 1.57. The minimum Gasteiger partial charge on any atom is -0.497 e. The Balaban J connectivity index is 1.47. The average Bonchev–Trinajstić information content (AvgIpc) is 3.54. The fraction of sp³-hybridized carbons (Fsp3) is 0.688. The van der Waals surface area contributed by atoms with Crippen molar-refractivity contribution in [2.75, 3.05) is 53.2 Å². The summed E-state index contributed by atoms with van der Waals surface area (Å²) in [4.78, 5) is 55.7. The number of carbonyl (C=O) groups is 4. The van der Waals surface area contributed by atoms with Crippen molar-refractivity contribution in [3.8, 4) is 5.75 Å². The van der Waals surface area contributed by atoms with E-state index in [4.69, 9.17) is 18.9 Å². The molecule has 4 rings (SSSR count). The molecule has 0 radical (unpaired) electrons. The van der Waals surface area contributed by atoms with Crippen LogP contribution >= 0.6 is 0 Å². The molecular weight excluding hydrogens is 568 g/mol. The van der Waals surface area contributed by atoms with E-state index in [1.807, 2.05) is 17.0 Å². The molecule has 1 aromatic rings. The second-order valence-electron chi connectivity index (χ2n) is 12.1. The number of Topliss-reactive ketones (excluding diaryl/α,β-unsaturated/α-hetero) is 1. The zero-order valence-electron chi connectivity index (χ0n) is 26.2. The van der Waals surface area contributed by atoms with Gasteiger partial charge < -0.3 is 34.9 Å². The molecule has 3 N–H and O–H groups in total. The van der Waals surface area contributed by atoms with Crippen molar-refractivity contribution in [3.63, 3.8) is 0 Å². The lowest BCUT2D eigenvalue weighted by Gasteiger charge is -2.36. The van der Waals surface area contributed by atoms with E-state index in [1.54, 1.807) is 33.1 Å². The lowest BCUT2D eigenvalue weighted by Crippen LogP contribution is -2.59. The Kier molecular flexibility index (Phi) is 12.5. The molecule has 3 fully saturated rings. The third-order valence-electron chi connectivity index (χ3n) is 8.62. The summed E-state index contributed by atoms with van der Waals surface area (Å²) in [5.41, 5.74) is -0.206. The molecule has 0 aliphatic carbocycles. The Bertz CT molecular complexity index is 1110. The Morgan fingerprint density at radius 1 is 0.955 bits per heavy atom. The van der Waals surface area contributed by atoms with E-state index in [9.17, 15) is 19.2 Å². The van der Waals surface area contributed by atoms with Gasteiger partial charge in [-0.2, -0.15) is 0 Å². The van der Waals surface area contributed by atoms with Crippen LogP contribution in [0.2, 0.25) is 0 Å². The Labute approximate surface area is 259 Å². The normalized spacial score (nSPS) is 24.5. The molecule has 244 valence electrons. The molecule has 0 aromatic heterocycles. The van der Waals surface area contributed by atoms with E-state index >= 15 is 0 Å². The molecule has 12 heteroatoms. The fourth-order valence-electron chi connectivity index (χ4n) is 5.91. The van der Waals surface area contributed by atoms with Gasteiger partial charge in [-0.1, -0.05) is 12.1 Å². The first-order valence-corrected chi connectivity index (χ1v) is 15.8. The van der Waals surface area contributed by atoms with Crippen molar-refractivity contribution in [1.82, 2.24) is 20.9 Å². The lowest BCUT2D eigenvalue weighted by molar-refractivity contribution is -0.152. The largest absolute Gasteiger partial charge is 0.497 e. The van der Waals surface area contributed by atoms with E-state index in [1.165, 1.54) is 0 Å². The van der Waals surface area contributed by atoms with Crippen LogP contribution in [0, 0.1) is 0 Å². The van der Waals surface area contributed by atoms with Crippen LogP contribution in [-0.4, -0.2) is 111 Å². The van der Waals surface area contributed by atoms with Crippen molar-refractivity contribution in [2.45, 2.75) is 88.6 Å². The smallest absolute Gasteiger partial charge is 0.243 e. The van der Waals surface area contributed by atoms with Gasteiger partial charge in [-0.05, 0) is 63.6 Å². The first-order valence-electron chi connectivity index (χ1n) is 15.8. The molecule has 1 aromatic carbocycles. The summed E-state index contributed by atoms with van der Waals surface area (Å²) >= 11 is 0. The topological polar surface area (TPSA) is 145 Å². The van der Waals surface area contributed by atoms with Crippen LogP contribution in [-0.2, 0) is 39.8 Å². The van der Waals surface area contributed by atoms with E-state index in [0.717, 1.165) is 31.2 Å². The average molecular weight is 617 g/mol. The van der Waals surface area contributed by atoms with Gasteiger partial charge in [-0.25, -0.2) is 0 Å². The molecule has 3 amide bonds. The van der Waals surface area contributed by atoms with Gasteiger partial charge in [0, 0.05) is 39.1 Å². The molecule has 0 unspecified atom stereocenters. The van der Waals surface area contributed by atoms with Crippen LogP contribution in [0.15, 0.2) is 24.3 Å². The van der Waals surface area contributed by atoms with Crippen LogP contribution in [0.3, 0.4) is 0 Å². The van der Waals surface area contributed by atoms with Crippen molar-refractivity contribution in [3.05, 3.63) is 29.8 Å². The van der Waals surface area contributed by atoms with Crippen LogP contribution < -0.4 is 20.7 Å². The number of hydrogen-bond acceptors (Lipinski definition) is 9. The van der Waals surface area contributed by atoms with Crippen molar-refractivity contribution < 1.29 is 38.1 Å². The Morgan fingerprint density at radius 2 is 1.68 bits per heavy atom. The van der Waals surface area contributed by atoms with Crippen LogP contribution in [0.25, 0.3) is 0 Å². The van der Waals surface area contributed by atoms with Gasteiger partial charge in [0.05, 0.1) is 39.0 Å². The number of methoxy groups -OCH3 is 1. The SMILES string of the molecule is COc1ccc(C[C@H](NC(=O)[C@H](C)NC(=O)CN2CCOCC2)C(=O)N[C@@H](C[C@@H]2CCCO2)C(=O)[C@@]2(C)CCCCO2)cc1. The van der Waals surface area contributed by atoms with Crippen molar-refractivity contribution in [2.24, 2.45) is 0 Å². The third kappa shape index (κ3) is 9.72. The second-order valence-corrected chi connectivity index (χ2v) is 12.1. The highest BCUT2D eigenvalue weighted by atomic mass is 16.5. The summed E-state index contributed by atoms with van der Waals surface area (Å²) in [6, 6.07) is 4.49. The quantitative estimate of drug-likeness (QED) is 0.280. The maximum atomic E-state index is 13.9. The molecule has 5 atom stereocenters. The summed E-state index contributed by atoms with van der Waals surface area (Å²) in [6.45, 7) is 7.07. The zero-order valence-corrected chi connectivity index (χ0v) is 26.2. The Morgan fingerprint density at radius 3 is 2.32 bits per heavy atom. The number of carbonyl (C=O) groups excluding carboxylic acids is 4. The zero-order chi connectivity index (χ0) is 31.5. The standard InChI is InChI=1S/C32H48N4O8/c1-22(33-28(37)21-36-13-17-42-18-14-36)30(39)35-27(19-23-8-10-24(41-3)11-9-23)31(40)34-26(20-25-7-6-15-43-25)29(38)32(2)12-4-5-16-44-32/h8-11,22,25-27H,4-7,12-21H2,1-3H3,(H,33,37)(H,34,40)(H,35,39)/t22-,25-,26-,27-,32+/m0/s1. The molecule has 3 aliphatic rings. The maximum Gasteiger partial charge on any atom is 0.243 e. The predicted octanol–water partition coefficient (Wildman–Crippen LogP) is 1.14. The van der Waals surface area contributed by atoms with E-state index < -0.39 is 35.5 Å². The molecule has 0 spiro atoms. The first kappa shape index (κ1) is 33.8. The minimum absolute atomic E-state index is 0.146. The van der Waals surface area contributed by atoms with Crippen molar-refractivity contribution in [1.29, 1.82) is 0 Å². The number of amides is 3. The van der Waals surface area contributed by atoms with Crippen LogP contribution in [0.1, 0.15) is 57.9 Å². The molecule has 0 saturated carbocycles. The molecule has 0 bridgehead atoms. The number of nitrogens with zero attached hydrogens (tertiary/aromatic N) is 1. The molecule has 3 aliphatic heterocycles. The summed E-state index contributed by atoms with van der Waals surface area (Å²) in [5, 5.41) is 8.52.